The lowest BCUT2D eigenvalue weighted by molar-refractivity contribution is -0.122. The summed E-state index contributed by atoms with van der Waals surface area (Å²) in [5, 5.41) is 15.2. The van der Waals surface area contributed by atoms with Crippen LogP contribution in [0.15, 0.2) is 35.2 Å². The molecule has 1 aliphatic heterocycles. The number of unbranched alkanes of at least 4 members (excludes halogenated alkanes) is 6. The average molecular weight is 354 g/mol. The van der Waals surface area contributed by atoms with Gasteiger partial charge >= 0.3 is 0 Å². The van der Waals surface area contributed by atoms with E-state index in [1.807, 2.05) is 0 Å². The maximum absolute atomic E-state index is 8.36. The third-order valence-electron chi connectivity index (χ3n) is 3.72. The lowest BCUT2D eigenvalue weighted by Crippen LogP contribution is -2.23. The first-order valence-electron chi connectivity index (χ1n) is 9.01. The molecule has 1 aliphatic rings. The fourth-order valence-corrected chi connectivity index (χ4v) is 2.41. The molecule has 0 fully saturated rings. The van der Waals surface area contributed by atoms with Gasteiger partial charge < -0.3 is 24.4 Å². The van der Waals surface area contributed by atoms with E-state index in [1.165, 1.54) is 57.8 Å². The van der Waals surface area contributed by atoms with Crippen LogP contribution in [-0.2, 0) is 11.4 Å². The van der Waals surface area contributed by atoms with E-state index < -0.39 is 0 Å². The molecule has 2 heterocycles. The van der Waals surface area contributed by atoms with E-state index in [9.17, 15) is 0 Å². The van der Waals surface area contributed by atoms with Gasteiger partial charge in [0.2, 0.25) is 0 Å². The second-order valence-corrected chi connectivity index (χ2v) is 5.97. The lowest BCUT2D eigenvalue weighted by Gasteiger charge is -2.17. The van der Waals surface area contributed by atoms with Crippen molar-refractivity contribution in [2.45, 2.75) is 58.5 Å². The summed E-state index contributed by atoms with van der Waals surface area (Å²) >= 11 is 0. The van der Waals surface area contributed by atoms with Gasteiger partial charge in [-0.1, -0.05) is 45.4 Å². The fourth-order valence-electron chi connectivity index (χ4n) is 2.41. The van der Waals surface area contributed by atoms with E-state index in [1.54, 1.807) is 12.1 Å². The zero-order valence-corrected chi connectivity index (χ0v) is 15.6. The van der Waals surface area contributed by atoms with Crippen molar-refractivity contribution < 1.29 is 19.4 Å². The van der Waals surface area contributed by atoms with E-state index in [2.05, 4.69) is 36.2 Å². The fraction of sp³-hybridized carbons (Fsp3) is 0.632. The van der Waals surface area contributed by atoms with E-state index >= 15 is 0 Å². The third-order valence-corrected chi connectivity index (χ3v) is 3.72. The zero-order chi connectivity index (χ0) is 18.8. The number of furan rings is 1. The van der Waals surface area contributed by atoms with Crippen molar-refractivity contribution in [3.05, 3.63) is 36.6 Å². The van der Waals surface area contributed by atoms with Crippen molar-refractivity contribution in [2.24, 2.45) is 0 Å². The zero-order valence-electron chi connectivity index (χ0n) is 15.6. The minimum absolute atomic E-state index is 0.00694. The Kier molecular flexibility index (Phi) is 15.6. The van der Waals surface area contributed by atoms with Gasteiger partial charge in [0.15, 0.2) is 0 Å². The summed E-state index contributed by atoms with van der Waals surface area (Å²) in [5.41, 5.74) is 0. The summed E-state index contributed by atoms with van der Waals surface area (Å²) in [6.07, 6.45) is 15.7. The van der Waals surface area contributed by atoms with Gasteiger partial charge in [-0.2, -0.15) is 0 Å². The molecule has 0 saturated carbocycles. The number of carbonyl (C=O) groups is 1. The number of hydrogen-bond acceptors (Lipinski definition) is 5. The Morgan fingerprint density at radius 3 is 2.24 bits per heavy atom. The lowest BCUT2D eigenvalue weighted by atomic mass is 10.1. The number of nitrogens with zero attached hydrogens (tertiary/aromatic N) is 2. The second kappa shape index (κ2) is 16.9. The Bertz CT molecular complexity index is 421. The largest absolute Gasteiger partial charge is 0.483 e. The van der Waals surface area contributed by atoms with Crippen LogP contribution in [0, 0.1) is 0 Å². The molecule has 0 amide bonds. The molecular weight excluding hydrogens is 320 g/mol. The quantitative estimate of drug-likeness (QED) is 0.517. The molecule has 0 spiro atoms. The van der Waals surface area contributed by atoms with Crippen LogP contribution in [0.25, 0.3) is 0 Å². The highest BCUT2D eigenvalue weighted by Crippen LogP contribution is 2.09. The van der Waals surface area contributed by atoms with Crippen LogP contribution in [0.5, 0.6) is 0 Å². The van der Waals surface area contributed by atoms with Gasteiger partial charge in [0, 0.05) is 26.0 Å². The van der Waals surface area contributed by atoms with Gasteiger partial charge in [0.25, 0.3) is 6.47 Å². The number of aliphatic hydroxyl groups is 1. The molecule has 0 saturated heterocycles. The van der Waals surface area contributed by atoms with E-state index in [0.29, 0.717) is 5.76 Å². The molecule has 25 heavy (non-hydrogen) atoms. The third kappa shape index (κ3) is 14.1. The number of rotatable bonds is 9. The number of aliphatic hydroxyl groups excluding tert-OH is 1. The summed E-state index contributed by atoms with van der Waals surface area (Å²) in [4.78, 5) is 13.0. The molecule has 6 nitrogen and oxygen atoms in total. The Morgan fingerprint density at radius 1 is 1.16 bits per heavy atom. The van der Waals surface area contributed by atoms with Gasteiger partial charge in [-0.3, -0.25) is 4.79 Å². The summed E-state index contributed by atoms with van der Waals surface area (Å²) in [5.74, 6) is 0.611. The van der Waals surface area contributed by atoms with Crippen molar-refractivity contribution in [1.29, 1.82) is 0 Å². The Morgan fingerprint density at radius 2 is 1.80 bits per heavy atom. The Hall–Kier alpha value is -1.95. The molecule has 1 aromatic heterocycles. The van der Waals surface area contributed by atoms with Crippen LogP contribution in [-0.4, -0.2) is 46.7 Å². The first kappa shape index (κ1) is 23.1. The van der Waals surface area contributed by atoms with Gasteiger partial charge in [0.1, 0.15) is 12.4 Å². The first-order chi connectivity index (χ1) is 12.2. The SMILES string of the molecule is CCCCCCCCCN1C=CN(C)C1.O=CO.OCc1ccco1. The molecule has 0 aliphatic carbocycles. The van der Waals surface area contributed by atoms with Crippen LogP contribution >= 0.6 is 0 Å². The summed E-state index contributed by atoms with van der Waals surface area (Å²) in [6.45, 7) is 4.33. The van der Waals surface area contributed by atoms with Crippen molar-refractivity contribution in [1.82, 2.24) is 9.80 Å². The minimum atomic E-state index is -0.250. The normalized spacial score (nSPS) is 12.3. The topological polar surface area (TPSA) is 77.2 Å². The highest BCUT2D eigenvalue weighted by Gasteiger charge is 2.06. The highest BCUT2D eigenvalue weighted by atomic mass is 16.4. The predicted octanol–water partition coefficient (Wildman–Crippen LogP) is 3.89. The molecule has 2 N–H and O–H groups in total. The van der Waals surface area contributed by atoms with Crippen LogP contribution in [0.1, 0.15) is 57.6 Å². The highest BCUT2D eigenvalue weighted by molar-refractivity contribution is 5.32. The molecular formula is C19H34N2O4. The van der Waals surface area contributed by atoms with Crippen molar-refractivity contribution in [3.8, 4) is 0 Å². The van der Waals surface area contributed by atoms with E-state index in [-0.39, 0.29) is 13.1 Å². The van der Waals surface area contributed by atoms with Crippen molar-refractivity contribution in [3.63, 3.8) is 0 Å². The predicted molar refractivity (Wildman–Crippen MR) is 99.8 cm³/mol. The van der Waals surface area contributed by atoms with Gasteiger partial charge in [-0.05, 0) is 18.6 Å². The number of hydrogen-bond donors (Lipinski definition) is 2. The van der Waals surface area contributed by atoms with Crippen LogP contribution in [0.2, 0.25) is 0 Å². The second-order valence-electron chi connectivity index (χ2n) is 5.97. The molecule has 144 valence electrons. The van der Waals surface area contributed by atoms with E-state index in [4.69, 9.17) is 19.4 Å². The van der Waals surface area contributed by atoms with Crippen LogP contribution in [0.4, 0.5) is 0 Å². The van der Waals surface area contributed by atoms with Crippen molar-refractivity contribution >= 4 is 6.47 Å². The van der Waals surface area contributed by atoms with Gasteiger partial charge in [0.05, 0.1) is 12.9 Å². The molecule has 1 aromatic rings. The smallest absolute Gasteiger partial charge is 0.290 e. The standard InChI is InChI=1S/C13H26N2.C5H6O2.CH2O2/c1-3-4-5-6-7-8-9-10-15-12-11-14(2)13-15;6-4-5-2-1-3-7-5;2-1-3/h11-12H,3-10,13H2,1-2H3;1-3,6H,4H2;1H,(H,2,3). The Balaban J connectivity index is 0.000000475. The molecule has 0 atom stereocenters. The molecule has 6 heteroatoms. The molecule has 2 rings (SSSR count). The molecule has 0 aromatic carbocycles. The average Bonchev–Trinajstić information content (AvgIpc) is 3.27. The van der Waals surface area contributed by atoms with Crippen molar-refractivity contribution in [2.75, 3.05) is 20.3 Å². The first-order valence-corrected chi connectivity index (χ1v) is 9.01. The molecule has 0 unspecified atom stereocenters. The minimum Gasteiger partial charge on any atom is -0.483 e. The number of carboxylic acid groups (broad SMARTS) is 1. The maximum atomic E-state index is 8.36. The van der Waals surface area contributed by atoms with Gasteiger partial charge in [-0.25, -0.2) is 0 Å². The Labute approximate surface area is 151 Å². The maximum Gasteiger partial charge on any atom is 0.290 e. The molecule has 0 bridgehead atoms. The monoisotopic (exact) mass is 354 g/mol. The molecule has 0 radical (unpaired) electrons. The van der Waals surface area contributed by atoms with Crippen LogP contribution in [0.3, 0.4) is 0 Å². The van der Waals surface area contributed by atoms with Crippen LogP contribution < -0.4 is 0 Å². The summed E-state index contributed by atoms with van der Waals surface area (Å²) in [6, 6.07) is 3.46. The summed E-state index contributed by atoms with van der Waals surface area (Å²) in [7, 11) is 2.13. The van der Waals surface area contributed by atoms with E-state index in [0.717, 1.165) is 6.67 Å². The van der Waals surface area contributed by atoms with Gasteiger partial charge in [-0.15, -0.1) is 0 Å². The summed E-state index contributed by atoms with van der Waals surface area (Å²) < 4.78 is 4.73.